The first-order chi connectivity index (χ1) is 10.3. The zero-order valence-electron chi connectivity index (χ0n) is 11.7. The topological polar surface area (TPSA) is 64.1 Å². The molecule has 0 aromatic carbocycles. The van der Waals surface area contributed by atoms with Gasteiger partial charge in [-0.3, -0.25) is 14.8 Å². The fourth-order valence-corrected chi connectivity index (χ4v) is 1.48. The maximum absolute atomic E-state index is 11.6. The zero-order valence-corrected chi connectivity index (χ0v) is 11.7. The Morgan fingerprint density at radius 2 is 2.14 bits per heavy atom. The minimum Gasteiger partial charge on any atom is -0.479 e. The number of ether oxygens (including phenoxy) is 1. The average Bonchev–Trinajstić information content (AvgIpc) is 2.53. The van der Waals surface area contributed by atoms with Crippen LogP contribution in [0.1, 0.15) is 16.2 Å². The number of hydrogen-bond donors (Lipinski definition) is 1. The predicted molar refractivity (Wildman–Crippen MR) is 78.8 cm³/mol. The molecule has 21 heavy (non-hydrogen) atoms. The van der Waals surface area contributed by atoms with Crippen LogP contribution in [0.3, 0.4) is 0 Å². The van der Waals surface area contributed by atoms with Gasteiger partial charge < -0.3 is 10.1 Å². The van der Waals surface area contributed by atoms with Crippen LogP contribution in [0.25, 0.3) is 0 Å². The average molecular weight is 281 g/mol. The molecule has 1 amide bonds. The van der Waals surface area contributed by atoms with Crippen LogP contribution >= 0.6 is 0 Å². The highest BCUT2D eigenvalue weighted by atomic mass is 16.5. The summed E-state index contributed by atoms with van der Waals surface area (Å²) in [6, 6.07) is 8.88. The molecule has 0 aliphatic heterocycles. The molecule has 2 rings (SSSR count). The van der Waals surface area contributed by atoms with Gasteiger partial charge in [0.25, 0.3) is 5.91 Å². The van der Waals surface area contributed by atoms with Gasteiger partial charge in [-0.05, 0) is 31.2 Å². The Balaban J connectivity index is 1.70. The van der Waals surface area contributed by atoms with Gasteiger partial charge in [-0.2, -0.15) is 0 Å². The van der Waals surface area contributed by atoms with Gasteiger partial charge in [-0.25, -0.2) is 0 Å². The summed E-state index contributed by atoms with van der Waals surface area (Å²) in [4.78, 5) is 19.7. The van der Waals surface area contributed by atoms with Crippen LogP contribution in [-0.4, -0.2) is 29.0 Å². The molecular formula is C16H15N3O2. The van der Waals surface area contributed by atoms with Gasteiger partial charge in [-0.1, -0.05) is 17.9 Å². The van der Waals surface area contributed by atoms with Crippen LogP contribution in [0.4, 0.5) is 0 Å². The van der Waals surface area contributed by atoms with Crippen molar-refractivity contribution in [1.29, 1.82) is 0 Å². The number of aryl methyl sites for hydroxylation is 1. The van der Waals surface area contributed by atoms with E-state index in [1.807, 2.05) is 19.1 Å². The highest BCUT2D eigenvalue weighted by molar-refractivity contribution is 5.92. The van der Waals surface area contributed by atoms with Gasteiger partial charge in [0.2, 0.25) is 0 Å². The van der Waals surface area contributed by atoms with Gasteiger partial charge in [0.1, 0.15) is 18.1 Å². The Bertz CT molecular complexity index is 643. The maximum atomic E-state index is 11.6. The van der Waals surface area contributed by atoms with Gasteiger partial charge in [-0.15, -0.1) is 0 Å². The number of nitrogens with zero attached hydrogens (tertiary/aromatic N) is 2. The fourth-order valence-electron chi connectivity index (χ4n) is 1.48. The molecule has 0 spiro atoms. The van der Waals surface area contributed by atoms with E-state index in [4.69, 9.17) is 4.74 Å². The summed E-state index contributed by atoms with van der Waals surface area (Å²) >= 11 is 0. The molecule has 2 heterocycles. The number of nitrogens with one attached hydrogen (secondary N) is 1. The number of carbonyl (C=O) groups excluding carboxylic acids is 1. The van der Waals surface area contributed by atoms with Gasteiger partial charge >= 0.3 is 0 Å². The van der Waals surface area contributed by atoms with Crippen molar-refractivity contribution >= 4 is 5.91 Å². The summed E-state index contributed by atoms with van der Waals surface area (Å²) < 4.78 is 5.39. The molecule has 0 saturated carbocycles. The van der Waals surface area contributed by atoms with Gasteiger partial charge in [0.15, 0.2) is 0 Å². The number of aromatic nitrogens is 2. The van der Waals surface area contributed by atoms with Crippen molar-refractivity contribution in [2.75, 3.05) is 13.2 Å². The molecule has 2 aromatic rings. The van der Waals surface area contributed by atoms with E-state index < -0.39 is 0 Å². The second-order valence-corrected chi connectivity index (χ2v) is 4.18. The molecule has 0 saturated heterocycles. The van der Waals surface area contributed by atoms with Crippen molar-refractivity contribution in [2.24, 2.45) is 0 Å². The summed E-state index contributed by atoms with van der Waals surface area (Å²) in [6.45, 7) is 2.42. The van der Waals surface area contributed by atoms with E-state index in [1.165, 1.54) is 0 Å². The van der Waals surface area contributed by atoms with Crippen molar-refractivity contribution < 1.29 is 9.53 Å². The lowest BCUT2D eigenvalue weighted by Crippen LogP contribution is -2.24. The zero-order chi connectivity index (χ0) is 14.9. The Kier molecular flexibility index (Phi) is 5.30. The molecule has 0 fully saturated rings. The second-order valence-electron chi connectivity index (χ2n) is 4.18. The quantitative estimate of drug-likeness (QED) is 0.865. The number of rotatable bonds is 4. The molecule has 5 heteroatoms. The van der Waals surface area contributed by atoms with Gasteiger partial charge in [0.05, 0.1) is 12.7 Å². The maximum Gasteiger partial charge on any atom is 0.270 e. The minimum atomic E-state index is -0.242. The van der Waals surface area contributed by atoms with Crippen molar-refractivity contribution in [3.63, 3.8) is 0 Å². The van der Waals surface area contributed by atoms with Crippen molar-refractivity contribution in [3.8, 4) is 17.6 Å². The summed E-state index contributed by atoms with van der Waals surface area (Å²) in [5.74, 6) is 6.06. The number of hydrogen-bond acceptors (Lipinski definition) is 4. The normalized spacial score (nSPS) is 9.38. The lowest BCUT2D eigenvalue weighted by Gasteiger charge is -2.01. The minimum absolute atomic E-state index is 0.242. The fraction of sp³-hybridized carbons (Fsp3) is 0.188. The summed E-state index contributed by atoms with van der Waals surface area (Å²) in [5.41, 5.74) is 1.31. The van der Waals surface area contributed by atoms with Crippen LogP contribution in [-0.2, 0) is 0 Å². The van der Waals surface area contributed by atoms with E-state index in [0.717, 1.165) is 5.69 Å². The third-order valence-corrected chi connectivity index (χ3v) is 2.56. The molecule has 2 aromatic heterocycles. The second kappa shape index (κ2) is 7.65. The number of carbonyl (C=O) groups is 1. The molecule has 0 radical (unpaired) electrons. The van der Waals surface area contributed by atoms with E-state index in [2.05, 4.69) is 27.1 Å². The molecular weight excluding hydrogens is 266 g/mol. The molecule has 0 unspecified atom stereocenters. The summed E-state index contributed by atoms with van der Waals surface area (Å²) in [5, 5.41) is 2.66. The lowest BCUT2D eigenvalue weighted by molar-refractivity contribution is 0.0953. The van der Waals surface area contributed by atoms with E-state index in [1.54, 1.807) is 30.6 Å². The number of pyridine rings is 2. The molecule has 106 valence electrons. The van der Waals surface area contributed by atoms with Crippen LogP contribution < -0.4 is 10.1 Å². The first-order valence-corrected chi connectivity index (χ1v) is 6.46. The van der Waals surface area contributed by atoms with Crippen molar-refractivity contribution in [1.82, 2.24) is 15.3 Å². The first kappa shape index (κ1) is 14.5. The highest BCUT2D eigenvalue weighted by Gasteiger charge is 2.02. The Morgan fingerprint density at radius 1 is 1.24 bits per heavy atom. The predicted octanol–water partition coefficient (Wildman–Crippen LogP) is 1.60. The largest absolute Gasteiger partial charge is 0.479 e. The van der Waals surface area contributed by atoms with Crippen LogP contribution in [0.15, 0.2) is 42.7 Å². The molecule has 0 aliphatic rings. The van der Waals surface area contributed by atoms with Crippen LogP contribution in [0.2, 0.25) is 0 Å². The van der Waals surface area contributed by atoms with Crippen LogP contribution in [0, 0.1) is 18.8 Å². The molecule has 1 N–H and O–H groups in total. The molecule has 5 nitrogen and oxygen atoms in total. The van der Waals surface area contributed by atoms with Crippen LogP contribution in [0.5, 0.6) is 5.75 Å². The molecule has 0 atom stereocenters. The van der Waals surface area contributed by atoms with Gasteiger partial charge in [0, 0.05) is 11.9 Å². The summed E-state index contributed by atoms with van der Waals surface area (Å²) in [6.07, 6.45) is 3.23. The SMILES string of the molecule is Cc1ccc(OCC#CCNC(=O)c2ccccn2)cn1. The monoisotopic (exact) mass is 281 g/mol. The van der Waals surface area contributed by atoms with Crippen molar-refractivity contribution in [2.45, 2.75) is 6.92 Å². The standard InChI is InChI=1S/C16H15N3O2/c1-13-7-8-14(12-19-13)21-11-5-4-10-18-16(20)15-6-2-3-9-17-15/h2-3,6-9,12H,10-11H2,1H3,(H,18,20). The van der Waals surface area contributed by atoms with E-state index >= 15 is 0 Å². The third-order valence-electron chi connectivity index (χ3n) is 2.56. The van der Waals surface area contributed by atoms with Crippen molar-refractivity contribution in [3.05, 3.63) is 54.1 Å². The lowest BCUT2D eigenvalue weighted by atomic mass is 10.3. The highest BCUT2D eigenvalue weighted by Crippen LogP contribution is 2.07. The summed E-state index contributed by atoms with van der Waals surface area (Å²) in [7, 11) is 0. The smallest absolute Gasteiger partial charge is 0.270 e. The van der Waals surface area contributed by atoms with E-state index in [9.17, 15) is 4.79 Å². The number of amides is 1. The molecule has 0 bridgehead atoms. The Labute approximate surface area is 123 Å². The third kappa shape index (κ3) is 4.96. The van der Waals surface area contributed by atoms with E-state index in [0.29, 0.717) is 11.4 Å². The Hall–Kier alpha value is -2.87. The van der Waals surface area contributed by atoms with E-state index in [-0.39, 0.29) is 19.1 Å². The molecule has 0 aliphatic carbocycles. The first-order valence-electron chi connectivity index (χ1n) is 6.46. The Morgan fingerprint density at radius 3 is 2.86 bits per heavy atom.